The van der Waals surface area contributed by atoms with Gasteiger partial charge in [-0.25, -0.2) is 0 Å². The summed E-state index contributed by atoms with van der Waals surface area (Å²) in [5, 5.41) is 24.7. The summed E-state index contributed by atoms with van der Waals surface area (Å²) in [7, 11) is 0. The normalized spacial score (nSPS) is 7.80. The number of hydrogen-bond acceptors (Lipinski definition) is 3. The molecule has 0 amide bonds. The number of rotatable bonds is 5. The van der Waals surface area contributed by atoms with Gasteiger partial charge in [0.15, 0.2) is 0 Å². The largest absolute Gasteiger partial charge is 1.00 e. The summed E-state index contributed by atoms with van der Waals surface area (Å²) in [6.45, 7) is 0. The molecular weight excluding hydrogens is 237 g/mol. The second-order valence-corrected chi connectivity index (χ2v) is 2.23. The molecule has 0 saturated carbocycles. The molecule has 0 spiro atoms. The van der Waals surface area contributed by atoms with Crippen LogP contribution in [-0.2, 0) is 14.4 Å². The third kappa shape index (κ3) is 15.4. The van der Waals surface area contributed by atoms with E-state index >= 15 is 0 Å². The molecule has 0 rings (SSSR count). The Kier molecular flexibility index (Phi) is 22.7. The third-order valence-electron chi connectivity index (χ3n) is 1.19. The van der Waals surface area contributed by atoms with Gasteiger partial charge in [0, 0.05) is 0 Å². The van der Waals surface area contributed by atoms with E-state index in [1.165, 1.54) is 0 Å². The van der Waals surface area contributed by atoms with Crippen LogP contribution in [0.3, 0.4) is 0 Å². The van der Waals surface area contributed by atoms with Crippen molar-refractivity contribution in [3.05, 3.63) is 0 Å². The van der Waals surface area contributed by atoms with Crippen molar-refractivity contribution in [3.8, 4) is 0 Å². The van der Waals surface area contributed by atoms with Crippen molar-refractivity contribution in [1.82, 2.24) is 0 Å². The van der Waals surface area contributed by atoms with E-state index in [9.17, 15) is 14.4 Å². The second kappa shape index (κ2) is 13.5. The maximum absolute atomic E-state index is 10.2. The van der Waals surface area contributed by atoms with Crippen LogP contribution in [0.5, 0.6) is 0 Å². The zero-order valence-electron chi connectivity index (χ0n) is 12.1. The molecule has 0 saturated heterocycles. The van der Waals surface area contributed by atoms with Crippen LogP contribution in [0.1, 0.15) is 17.1 Å². The van der Waals surface area contributed by atoms with Gasteiger partial charge in [-0.15, -0.1) is 0 Å². The standard InChI is InChI=1S/C6H8O6.3Na.3H/c7-4(8)1-3(6(11)12)2-5(9)10;;;;;;/h3H,1-2H2,(H,7,8)(H,9,10)(H,11,12);;;;;;/q;3*+1;3*-1. The Labute approximate surface area is 157 Å². The van der Waals surface area contributed by atoms with Crippen molar-refractivity contribution >= 4 is 17.9 Å². The Bertz CT molecular complexity index is 215. The average molecular weight is 248 g/mol. The van der Waals surface area contributed by atoms with Gasteiger partial charge in [-0.3, -0.25) is 14.4 Å². The van der Waals surface area contributed by atoms with E-state index in [2.05, 4.69) is 0 Å². The predicted octanol–water partition coefficient (Wildman–Crippen LogP) is -9.01. The second-order valence-electron chi connectivity index (χ2n) is 2.23. The molecule has 0 aliphatic carbocycles. The fourth-order valence-electron chi connectivity index (χ4n) is 0.668. The van der Waals surface area contributed by atoms with Crippen LogP contribution >= 0.6 is 0 Å². The van der Waals surface area contributed by atoms with Gasteiger partial charge in [-0.1, -0.05) is 0 Å². The van der Waals surface area contributed by atoms with Crippen molar-refractivity contribution in [2.24, 2.45) is 5.92 Å². The summed E-state index contributed by atoms with van der Waals surface area (Å²) in [5.41, 5.74) is 0. The first kappa shape index (κ1) is 25.3. The van der Waals surface area contributed by atoms with E-state index in [1.54, 1.807) is 0 Å². The smallest absolute Gasteiger partial charge is 1.00 e. The third-order valence-corrected chi connectivity index (χ3v) is 1.19. The predicted molar refractivity (Wildman–Crippen MR) is 39.0 cm³/mol. The molecule has 3 N–H and O–H groups in total. The Morgan fingerprint density at radius 2 is 1.13 bits per heavy atom. The molecule has 0 fully saturated rings. The molecule has 0 radical (unpaired) electrons. The Hall–Kier alpha value is 1.41. The monoisotopic (exact) mass is 248 g/mol. The first-order chi connectivity index (χ1) is 5.43. The van der Waals surface area contributed by atoms with E-state index in [0.29, 0.717) is 0 Å². The molecule has 0 aliphatic heterocycles. The van der Waals surface area contributed by atoms with Crippen LogP contribution in [0, 0.1) is 5.92 Å². The van der Waals surface area contributed by atoms with Gasteiger partial charge in [0.05, 0.1) is 18.8 Å². The maximum Gasteiger partial charge on any atom is 1.00 e. The minimum atomic E-state index is -1.40. The van der Waals surface area contributed by atoms with Crippen molar-refractivity contribution < 1.29 is 123 Å². The maximum atomic E-state index is 10.2. The van der Waals surface area contributed by atoms with Gasteiger partial charge >= 0.3 is 107 Å². The van der Waals surface area contributed by atoms with Crippen LogP contribution in [0.2, 0.25) is 0 Å². The number of aliphatic carboxylic acids is 3. The number of hydrogen-bond donors (Lipinski definition) is 3. The summed E-state index contributed by atoms with van der Waals surface area (Å²) in [6.07, 6.45) is -1.33. The van der Waals surface area contributed by atoms with Crippen molar-refractivity contribution in [2.45, 2.75) is 12.8 Å². The molecule has 0 aromatic rings. The molecule has 15 heavy (non-hydrogen) atoms. The van der Waals surface area contributed by atoms with Gasteiger partial charge in [0.25, 0.3) is 0 Å². The SMILES string of the molecule is O=C(O)CC(CC(=O)O)C(=O)O.[H-].[H-].[H-].[Na+].[Na+].[Na+]. The fraction of sp³-hybridized carbons (Fsp3) is 0.500. The minimum Gasteiger partial charge on any atom is -1.00 e. The topological polar surface area (TPSA) is 112 Å². The van der Waals surface area contributed by atoms with Crippen LogP contribution < -0.4 is 88.7 Å². The molecule has 0 bridgehead atoms. The molecule has 0 aromatic carbocycles. The molecular formula is C6H11Na3O6. The van der Waals surface area contributed by atoms with Crippen LogP contribution in [0.15, 0.2) is 0 Å². The molecule has 0 atom stereocenters. The average Bonchev–Trinajstić information content (AvgIpc) is 1.83. The zero-order valence-corrected chi connectivity index (χ0v) is 15.1. The number of carbonyl (C=O) groups is 3. The number of carboxylic acids is 3. The van der Waals surface area contributed by atoms with Crippen molar-refractivity contribution in [3.63, 3.8) is 0 Å². The summed E-state index contributed by atoms with van der Waals surface area (Å²) in [6, 6.07) is 0. The van der Waals surface area contributed by atoms with Crippen LogP contribution in [-0.4, -0.2) is 33.2 Å². The van der Waals surface area contributed by atoms with Crippen molar-refractivity contribution in [1.29, 1.82) is 0 Å². The molecule has 9 heteroatoms. The summed E-state index contributed by atoms with van der Waals surface area (Å²) >= 11 is 0. The van der Waals surface area contributed by atoms with E-state index in [4.69, 9.17) is 15.3 Å². The summed E-state index contributed by atoms with van der Waals surface area (Å²) in [5.74, 6) is -5.38. The van der Waals surface area contributed by atoms with Gasteiger partial charge in [-0.05, 0) is 0 Å². The fourth-order valence-corrected chi connectivity index (χ4v) is 0.668. The van der Waals surface area contributed by atoms with Gasteiger partial charge in [-0.2, -0.15) is 0 Å². The first-order valence-electron chi connectivity index (χ1n) is 3.10. The Balaban J connectivity index is -0.0000000403. The molecule has 0 unspecified atom stereocenters. The van der Waals surface area contributed by atoms with Gasteiger partial charge in [0.1, 0.15) is 0 Å². The van der Waals surface area contributed by atoms with Crippen LogP contribution in [0.4, 0.5) is 0 Å². The van der Waals surface area contributed by atoms with E-state index in [1.807, 2.05) is 0 Å². The Morgan fingerprint density at radius 1 is 0.867 bits per heavy atom. The molecule has 0 aliphatic rings. The quantitative estimate of drug-likeness (QED) is 0.416. The first-order valence-corrected chi connectivity index (χ1v) is 3.10. The minimum absolute atomic E-state index is 0. The molecule has 74 valence electrons. The molecule has 6 nitrogen and oxygen atoms in total. The van der Waals surface area contributed by atoms with Crippen LogP contribution in [0.25, 0.3) is 0 Å². The summed E-state index contributed by atoms with van der Waals surface area (Å²) in [4.78, 5) is 30.3. The van der Waals surface area contributed by atoms with Gasteiger partial charge < -0.3 is 19.6 Å². The summed E-state index contributed by atoms with van der Waals surface area (Å²) < 4.78 is 0. The van der Waals surface area contributed by atoms with E-state index in [-0.39, 0.29) is 93.0 Å². The Morgan fingerprint density at radius 3 is 1.27 bits per heavy atom. The number of carboxylic acid groups (broad SMARTS) is 3. The van der Waals surface area contributed by atoms with Crippen molar-refractivity contribution in [2.75, 3.05) is 0 Å². The van der Waals surface area contributed by atoms with E-state index in [0.717, 1.165) is 0 Å². The zero-order chi connectivity index (χ0) is 9.72. The molecule has 0 aromatic heterocycles. The van der Waals surface area contributed by atoms with Gasteiger partial charge in [0.2, 0.25) is 0 Å². The van der Waals surface area contributed by atoms with E-state index < -0.39 is 36.7 Å². The molecule has 0 heterocycles.